The molecule has 7 heteroatoms. The third-order valence-corrected chi connectivity index (χ3v) is 5.34. The standard InChI is InChI=1S/C18H22N4O2S/c1-4-14-12-18(22-17(20-14)10-11-19-22)21-16(5-2)13-6-8-15(9-7-13)25(3,23)24/h6-12,16,21H,4-5H2,1-3H3. The molecule has 0 fully saturated rings. The van der Waals surface area contributed by atoms with Crippen LogP contribution in [0.4, 0.5) is 5.82 Å². The van der Waals surface area contributed by atoms with Gasteiger partial charge >= 0.3 is 0 Å². The molecule has 6 nitrogen and oxygen atoms in total. The Balaban J connectivity index is 1.94. The number of sulfone groups is 1. The van der Waals surface area contributed by atoms with Crippen molar-refractivity contribution in [2.45, 2.75) is 37.6 Å². The van der Waals surface area contributed by atoms with E-state index in [1.165, 1.54) is 6.26 Å². The van der Waals surface area contributed by atoms with E-state index in [2.05, 4.69) is 29.2 Å². The number of aryl methyl sites for hydroxylation is 1. The molecular weight excluding hydrogens is 336 g/mol. The second kappa shape index (κ2) is 6.84. The molecule has 3 aromatic rings. The summed E-state index contributed by atoms with van der Waals surface area (Å²) in [6.45, 7) is 4.16. The summed E-state index contributed by atoms with van der Waals surface area (Å²) in [7, 11) is -3.18. The van der Waals surface area contributed by atoms with Crippen molar-refractivity contribution in [3.63, 3.8) is 0 Å². The van der Waals surface area contributed by atoms with Crippen LogP contribution >= 0.6 is 0 Å². The van der Waals surface area contributed by atoms with Crippen molar-refractivity contribution in [2.24, 2.45) is 0 Å². The van der Waals surface area contributed by atoms with Crippen molar-refractivity contribution in [1.29, 1.82) is 0 Å². The first-order valence-corrected chi connectivity index (χ1v) is 10.2. The Kier molecular flexibility index (Phi) is 4.76. The van der Waals surface area contributed by atoms with Gasteiger partial charge in [0, 0.05) is 24.1 Å². The minimum Gasteiger partial charge on any atom is -0.363 e. The van der Waals surface area contributed by atoms with E-state index in [1.54, 1.807) is 22.8 Å². The van der Waals surface area contributed by atoms with Crippen LogP contribution in [0.1, 0.15) is 37.6 Å². The van der Waals surface area contributed by atoms with Crippen LogP contribution in [-0.4, -0.2) is 29.3 Å². The minimum atomic E-state index is -3.18. The van der Waals surface area contributed by atoms with E-state index in [0.29, 0.717) is 4.90 Å². The van der Waals surface area contributed by atoms with Gasteiger partial charge in [-0.2, -0.15) is 9.61 Å². The Morgan fingerprint density at radius 2 is 1.88 bits per heavy atom. The maximum absolute atomic E-state index is 11.6. The lowest BCUT2D eigenvalue weighted by Gasteiger charge is -2.20. The van der Waals surface area contributed by atoms with E-state index in [4.69, 9.17) is 0 Å². The molecule has 0 radical (unpaired) electrons. The molecule has 1 aromatic carbocycles. The zero-order chi connectivity index (χ0) is 18.0. The van der Waals surface area contributed by atoms with Crippen molar-refractivity contribution < 1.29 is 8.42 Å². The van der Waals surface area contributed by atoms with Crippen LogP contribution in [0.2, 0.25) is 0 Å². The fraction of sp³-hybridized carbons (Fsp3) is 0.333. The second-order valence-corrected chi connectivity index (χ2v) is 8.05. The van der Waals surface area contributed by atoms with Crippen molar-refractivity contribution in [1.82, 2.24) is 14.6 Å². The van der Waals surface area contributed by atoms with Gasteiger partial charge in [-0.25, -0.2) is 13.4 Å². The molecule has 1 N–H and O–H groups in total. The molecule has 1 unspecified atom stereocenters. The van der Waals surface area contributed by atoms with Gasteiger partial charge in [-0.1, -0.05) is 26.0 Å². The highest BCUT2D eigenvalue weighted by molar-refractivity contribution is 7.90. The number of nitrogens with zero attached hydrogens (tertiary/aromatic N) is 3. The number of fused-ring (bicyclic) bond motifs is 1. The lowest BCUT2D eigenvalue weighted by atomic mass is 10.0. The normalized spacial score (nSPS) is 13.1. The molecule has 0 bridgehead atoms. The Morgan fingerprint density at radius 3 is 2.48 bits per heavy atom. The molecule has 0 amide bonds. The third-order valence-electron chi connectivity index (χ3n) is 4.22. The highest BCUT2D eigenvalue weighted by Gasteiger charge is 2.14. The van der Waals surface area contributed by atoms with E-state index in [0.717, 1.165) is 35.6 Å². The van der Waals surface area contributed by atoms with Gasteiger partial charge in [-0.15, -0.1) is 0 Å². The Bertz CT molecular complexity index is 978. The van der Waals surface area contributed by atoms with E-state index in [-0.39, 0.29) is 6.04 Å². The van der Waals surface area contributed by atoms with Gasteiger partial charge in [0.2, 0.25) is 0 Å². The minimum absolute atomic E-state index is 0.0492. The molecule has 0 aliphatic heterocycles. The predicted molar refractivity (Wildman–Crippen MR) is 98.6 cm³/mol. The van der Waals surface area contributed by atoms with Crippen LogP contribution < -0.4 is 5.32 Å². The second-order valence-electron chi connectivity index (χ2n) is 6.03. The first-order chi connectivity index (χ1) is 11.9. The van der Waals surface area contributed by atoms with Gasteiger partial charge in [0.25, 0.3) is 0 Å². The monoisotopic (exact) mass is 358 g/mol. The van der Waals surface area contributed by atoms with Crippen molar-refractivity contribution in [2.75, 3.05) is 11.6 Å². The van der Waals surface area contributed by atoms with Crippen molar-refractivity contribution in [3.05, 3.63) is 53.9 Å². The average molecular weight is 358 g/mol. The molecule has 1 atom stereocenters. The number of hydrogen-bond acceptors (Lipinski definition) is 5. The van der Waals surface area contributed by atoms with Crippen molar-refractivity contribution in [3.8, 4) is 0 Å². The molecule has 0 saturated heterocycles. The van der Waals surface area contributed by atoms with Gasteiger partial charge in [0.15, 0.2) is 15.5 Å². The van der Waals surface area contributed by atoms with Crippen LogP contribution in [0.3, 0.4) is 0 Å². The lowest BCUT2D eigenvalue weighted by molar-refractivity contribution is 0.601. The van der Waals surface area contributed by atoms with Gasteiger partial charge in [0.05, 0.1) is 17.1 Å². The summed E-state index contributed by atoms with van der Waals surface area (Å²) < 4.78 is 25.0. The number of rotatable bonds is 6. The van der Waals surface area contributed by atoms with Crippen LogP contribution in [0.25, 0.3) is 5.65 Å². The van der Waals surface area contributed by atoms with E-state index in [9.17, 15) is 8.42 Å². The number of anilines is 1. The lowest BCUT2D eigenvalue weighted by Crippen LogP contribution is -2.14. The van der Waals surface area contributed by atoms with Gasteiger partial charge in [0.1, 0.15) is 5.82 Å². The Morgan fingerprint density at radius 1 is 1.16 bits per heavy atom. The largest absolute Gasteiger partial charge is 0.363 e. The Hall–Kier alpha value is -2.41. The first kappa shape index (κ1) is 17.4. The molecule has 25 heavy (non-hydrogen) atoms. The molecule has 0 spiro atoms. The average Bonchev–Trinajstić information content (AvgIpc) is 3.07. The maximum atomic E-state index is 11.6. The molecule has 0 saturated carbocycles. The fourth-order valence-electron chi connectivity index (χ4n) is 2.80. The van der Waals surface area contributed by atoms with Gasteiger partial charge < -0.3 is 5.32 Å². The van der Waals surface area contributed by atoms with Gasteiger partial charge in [-0.3, -0.25) is 0 Å². The summed E-state index contributed by atoms with van der Waals surface area (Å²) in [5.41, 5.74) is 2.84. The summed E-state index contributed by atoms with van der Waals surface area (Å²) in [5, 5.41) is 7.85. The number of aromatic nitrogens is 3. The fourth-order valence-corrected chi connectivity index (χ4v) is 3.43. The summed E-state index contributed by atoms with van der Waals surface area (Å²) in [6.07, 6.45) is 4.64. The van der Waals surface area contributed by atoms with Crippen molar-refractivity contribution >= 4 is 21.3 Å². The van der Waals surface area contributed by atoms with E-state index in [1.807, 2.05) is 24.3 Å². The van der Waals surface area contributed by atoms with Crippen LogP contribution in [0.5, 0.6) is 0 Å². The predicted octanol–water partition coefficient (Wildman–Crippen LogP) is 3.26. The smallest absolute Gasteiger partial charge is 0.175 e. The van der Waals surface area contributed by atoms with Gasteiger partial charge in [-0.05, 0) is 30.5 Å². The zero-order valence-corrected chi connectivity index (χ0v) is 15.4. The number of benzene rings is 1. The van der Waals surface area contributed by atoms with Crippen LogP contribution in [0, 0.1) is 0 Å². The molecule has 3 rings (SSSR count). The quantitative estimate of drug-likeness (QED) is 0.732. The molecule has 0 aliphatic rings. The third kappa shape index (κ3) is 3.66. The summed E-state index contributed by atoms with van der Waals surface area (Å²) >= 11 is 0. The van der Waals surface area contributed by atoms with Crippen LogP contribution in [-0.2, 0) is 16.3 Å². The highest BCUT2D eigenvalue weighted by Crippen LogP contribution is 2.24. The molecule has 2 heterocycles. The summed E-state index contributed by atoms with van der Waals surface area (Å²) in [4.78, 5) is 4.88. The molecule has 2 aromatic heterocycles. The number of nitrogens with one attached hydrogen (secondary N) is 1. The zero-order valence-electron chi connectivity index (χ0n) is 14.6. The highest BCUT2D eigenvalue weighted by atomic mass is 32.2. The van der Waals surface area contributed by atoms with E-state index >= 15 is 0 Å². The molecule has 132 valence electrons. The van der Waals surface area contributed by atoms with Crippen LogP contribution in [0.15, 0.2) is 47.5 Å². The molecule has 0 aliphatic carbocycles. The first-order valence-electron chi connectivity index (χ1n) is 8.32. The molecular formula is C18H22N4O2S. The SMILES string of the molecule is CCc1cc(NC(CC)c2ccc(S(C)(=O)=O)cc2)n2nccc2n1. The Labute approximate surface area is 147 Å². The maximum Gasteiger partial charge on any atom is 0.175 e. The van der Waals surface area contributed by atoms with E-state index < -0.39 is 9.84 Å². The summed E-state index contributed by atoms with van der Waals surface area (Å²) in [6, 6.07) is 11.0. The number of hydrogen-bond donors (Lipinski definition) is 1. The summed E-state index contributed by atoms with van der Waals surface area (Å²) in [5.74, 6) is 0.880. The topological polar surface area (TPSA) is 76.4 Å².